The maximum absolute atomic E-state index is 9.84. The Labute approximate surface area is 207 Å². The molecule has 3 unspecified atom stereocenters. The largest absolute Gasteiger partial charge is 0.387 e. The van der Waals surface area contributed by atoms with E-state index in [9.17, 15) is 5.11 Å². The van der Waals surface area contributed by atoms with Gasteiger partial charge in [-0.1, -0.05) is 42.5 Å². The van der Waals surface area contributed by atoms with E-state index in [1.807, 2.05) is 64.1 Å². The van der Waals surface area contributed by atoms with Crippen LogP contribution in [0.5, 0.6) is 0 Å². The minimum absolute atomic E-state index is 0.0719. The zero-order valence-electron chi connectivity index (χ0n) is 21.0. The van der Waals surface area contributed by atoms with Crippen LogP contribution < -0.4 is 0 Å². The fraction of sp³-hybridized carbons (Fsp3) is 0.630. The molecule has 4 fully saturated rings. The lowest BCUT2D eigenvalue weighted by molar-refractivity contribution is -0.218. The fourth-order valence-corrected chi connectivity index (χ4v) is 4.79. The Morgan fingerprint density at radius 3 is 1.97 bits per heavy atom. The topological polar surface area (TPSA) is 84.8 Å². The van der Waals surface area contributed by atoms with Crippen LogP contribution in [0.4, 0.5) is 0 Å². The molecule has 1 N–H and O–H groups in total. The molecule has 194 valence electrons. The molecule has 0 aromatic heterocycles. The average molecular weight is 491 g/mol. The van der Waals surface area contributed by atoms with Crippen LogP contribution in [0.25, 0.3) is 0 Å². The van der Waals surface area contributed by atoms with Crippen molar-refractivity contribution in [2.75, 3.05) is 0 Å². The van der Waals surface area contributed by atoms with Crippen molar-refractivity contribution in [3.63, 3.8) is 0 Å². The highest BCUT2D eigenvalue weighted by Gasteiger charge is 2.55. The van der Waals surface area contributed by atoms with E-state index in [2.05, 4.69) is 13.2 Å². The molecule has 1 aromatic carbocycles. The molecule has 4 aliphatic rings. The number of benzene rings is 1. The minimum atomic E-state index is -0.657. The summed E-state index contributed by atoms with van der Waals surface area (Å²) in [6, 6.07) is 10.1. The lowest BCUT2D eigenvalue weighted by Crippen LogP contribution is -2.36. The standard InChI is InChI=1S/C17H22O4.C10H16O4/c1-4-8-13-14(18-11-12-9-6-5-7-10-12)15-16(19-13)21-17(2,3)20-15;1-4-5-6-7(11)8-9(12-6)14-10(2,3)13-8/h4-7,9-10,13-16H,1,8,11H2,2-3H3;4,6-9,11H,1,5H2,2-3H3/t13-,14+,15?,16-;6?,7-,8?,9+/m10/s1. The molecule has 1 aromatic rings. The number of hydrogen-bond acceptors (Lipinski definition) is 8. The van der Waals surface area contributed by atoms with E-state index in [0.29, 0.717) is 13.0 Å². The molecule has 8 heteroatoms. The Balaban J connectivity index is 0.000000179. The molecule has 35 heavy (non-hydrogen) atoms. The summed E-state index contributed by atoms with van der Waals surface area (Å²) in [6.45, 7) is 15.3. The van der Waals surface area contributed by atoms with E-state index < -0.39 is 24.0 Å². The Bertz CT molecular complexity index is 856. The first kappa shape index (κ1) is 26.4. The molecular weight excluding hydrogens is 452 g/mol. The summed E-state index contributed by atoms with van der Waals surface area (Å²) in [4.78, 5) is 0. The van der Waals surface area contributed by atoms with Crippen molar-refractivity contribution in [1.29, 1.82) is 0 Å². The molecule has 0 bridgehead atoms. The zero-order chi connectivity index (χ0) is 25.2. The van der Waals surface area contributed by atoms with Crippen LogP contribution in [-0.4, -0.2) is 65.9 Å². The van der Waals surface area contributed by atoms with E-state index in [-0.39, 0.29) is 36.8 Å². The predicted molar refractivity (Wildman–Crippen MR) is 128 cm³/mol. The first-order valence-electron chi connectivity index (χ1n) is 12.2. The Morgan fingerprint density at radius 2 is 1.37 bits per heavy atom. The van der Waals surface area contributed by atoms with E-state index >= 15 is 0 Å². The third-order valence-corrected chi connectivity index (χ3v) is 6.29. The van der Waals surface area contributed by atoms with Gasteiger partial charge in [0.1, 0.15) is 24.4 Å². The molecule has 0 aliphatic carbocycles. The molecule has 4 heterocycles. The third-order valence-electron chi connectivity index (χ3n) is 6.29. The maximum atomic E-state index is 9.84. The molecule has 8 nitrogen and oxygen atoms in total. The second kappa shape index (κ2) is 10.8. The highest BCUT2D eigenvalue weighted by atomic mass is 16.8. The van der Waals surface area contributed by atoms with Crippen LogP contribution in [-0.2, 0) is 39.8 Å². The molecule has 0 saturated carbocycles. The van der Waals surface area contributed by atoms with Crippen molar-refractivity contribution >= 4 is 0 Å². The Kier molecular flexibility index (Phi) is 8.15. The molecule has 4 saturated heterocycles. The summed E-state index contributed by atoms with van der Waals surface area (Å²) in [5.74, 6) is -1.28. The van der Waals surface area contributed by atoms with Crippen molar-refractivity contribution < 1.29 is 38.3 Å². The molecular formula is C27H38O8. The van der Waals surface area contributed by atoms with Crippen molar-refractivity contribution in [2.24, 2.45) is 0 Å². The number of aliphatic hydroxyl groups is 1. The zero-order valence-corrected chi connectivity index (χ0v) is 21.0. The fourth-order valence-electron chi connectivity index (χ4n) is 4.79. The SMILES string of the molecule is C=CCC1O[C@@H]2OC(C)(C)OC2[C@H]1O.C=CC[C@H]1O[C@@H]2OC(C)(C)OC2[C@H]1OCc1ccccc1. The minimum Gasteiger partial charge on any atom is -0.387 e. The number of rotatable bonds is 7. The van der Waals surface area contributed by atoms with E-state index in [0.717, 1.165) is 12.0 Å². The van der Waals surface area contributed by atoms with Crippen LogP contribution in [0, 0.1) is 0 Å². The van der Waals surface area contributed by atoms with Gasteiger partial charge in [-0.2, -0.15) is 0 Å². The van der Waals surface area contributed by atoms with E-state index in [1.54, 1.807) is 6.08 Å². The van der Waals surface area contributed by atoms with Crippen molar-refractivity contribution in [3.05, 3.63) is 61.2 Å². The quantitative estimate of drug-likeness (QED) is 0.578. The Hall–Kier alpha value is -1.62. The summed E-state index contributed by atoms with van der Waals surface area (Å²) in [5, 5.41) is 9.84. The van der Waals surface area contributed by atoms with Gasteiger partial charge in [-0.3, -0.25) is 0 Å². The summed E-state index contributed by atoms with van der Waals surface area (Å²) >= 11 is 0. The lowest BCUT2D eigenvalue weighted by Gasteiger charge is -2.25. The van der Waals surface area contributed by atoms with E-state index in [4.69, 9.17) is 33.2 Å². The van der Waals surface area contributed by atoms with Crippen LogP contribution >= 0.6 is 0 Å². The van der Waals surface area contributed by atoms with Crippen molar-refractivity contribution in [1.82, 2.24) is 0 Å². The third kappa shape index (κ3) is 6.21. The second-order valence-electron chi connectivity index (χ2n) is 10.1. The highest BCUT2D eigenvalue weighted by molar-refractivity contribution is 5.13. The first-order chi connectivity index (χ1) is 16.6. The monoisotopic (exact) mass is 490 g/mol. The predicted octanol–water partition coefficient (Wildman–Crippen LogP) is 3.82. The van der Waals surface area contributed by atoms with Gasteiger partial charge in [-0.05, 0) is 46.1 Å². The molecule has 8 atom stereocenters. The van der Waals surface area contributed by atoms with Gasteiger partial charge in [0.15, 0.2) is 24.2 Å². The Morgan fingerprint density at radius 1 is 0.829 bits per heavy atom. The van der Waals surface area contributed by atoms with Crippen LogP contribution in [0.15, 0.2) is 55.6 Å². The van der Waals surface area contributed by atoms with Crippen molar-refractivity contribution in [3.8, 4) is 0 Å². The van der Waals surface area contributed by atoms with Gasteiger partial charge in [0.2, 0.25) is 0 Å². The molecule has 0 amide bonds. The van der Waals surface area contributed by atoms with Crippen LogP contribution in [0.3, 0.4) is 0 Å². The van der Waals surface area contributed by atoms with E-state index in [1.165, 1.54) is 0 Å². The van der Waals surface area contributed by atoms with Gasteiger partial charge >= 0.3 is 0 Å². The van der Waals surface area contributed by atoms with Crippen LogP contribution in [0.1, 0.15) is 46.1 Å². The molecule has 0 radical (unpaired) electrons. The first-order valence-corrected chi connectivity index (χ1v) is 12.2. The summed E-state index contributed by atoms with van der Waals surface area (Å²) in [5.41, 5.74) is 1.14. The second-order valence-corrected chi connectivity index (χ2v) is 10.1. The van der Waals surface area contributed by atoms with Gasteiger partial charge in [0.05, 0.1) is 18.8 Å². The highest BCUT2D eigenvalue weighted by Crippen LogP contribution is 2.40. The normalized spacial score (nSPS) is 38.3. The smallest absolute Gasteiger partial charge is 0.190 e. The number of fused-ring (bicyclic) bond motifs is 2. The van der Waals surface area contributed by atoms with Gasteiger partial charge in [0.25, 0.3) is 0 Å². The van der Waals surface area contributed by atoms with Gasteiger partial charge in [-0.15, -0.1) is 13.2 Å². The maximum Gasteiger partial charge on any atom is 0.190 e. The number of hydrogen-bond donors (Lipinski definition) is 1. The number of ether oxygens (including phenoxy) is 7. The summed E-state index contributed by atoms with van der Waals surface area (Å²) in [7, 11) is 0. The summed E-state index contributed by atoms with van der Waals surface area (Å²) in [6.07, 6.45) is 2.46. The van der Waals surface area contributed by atoms with Gasteiger partial charge in [0, 0.05) is 0 Å². The van der Waals surface area contributed by atoms with Crippen molar-refractivity contribution in [2.45, 2.75) is 108 Å². The van der Waals surface area contributed by atoms with Crippen LogP contribution in [0.2, 0.25) is 0 Å². The molecule has 5 rings (SSSR count). The van der Waals surface area contributed by atoms with Gasteiger partial charge < -0.3 is 38.3 Å². The number of aliphatic hydroxyl groups excluding tert-OH is 1. The average Bonchev–Trinajstić information content (AvgIpc) is 3.45. The molecule has 0 spiro atoms. The van der Waals surface area contributed by atoms with Gasteiger partial charge in [-0.25, -0.2) is 0 Å². The molecule has 4 aliphatic heterocycles. The summed E-state index contributed by atoms with van der Waals surface area (Å²) < 4.78 is 40.2. The lowest BCUT2D eigenvalue weighted by atomic mass is 10.1.